The van der Waals surface area contributed by atoms with Gasteiger partial charge in [-0.1, -0.05) is 0 Å². The third-order valence-corrected chi connectivity index (χ3v) is 4.54. The van der Waals surface area contributed by atoms with E-state index in [9.17, 15) is 26.0 Å². The van der Waals surface area contributed by atoms with Crippen molar-refractivity contribution in [3.8, 4) is 0 Å². The first kappa shape index (κ1) is 16.9. The van der Waals surface area contributed by atoms with Gasteiger partial charge in [0.15, 0.2) is 0 Å². The molecule has 0 aliphatic carbocycles. The Labute approximate surface area is 124 Å². The summed E-state index contributed by atoms with van der Waals surface area (Å²) in [7, 11) is -3.47. The zero-order valence-corrected chi connectivity index (χ0v) is 12.3. The first-order valence-electron chi connectivity index (χ1n) is 6.32. The van der Waals surface area contributed by atoms with Crippen LogP contribution in [0.5, 0.6) is 0 Å². The van der Waals surface area contributed by atoms with Gasteiger partial charge in [-0.3, -0.25) is 0 Å². The van der Waals surface area contributed by atoms with Gasteiger partial charge < -0.3 is 5.32 Å². The maximum atomic E-state index is 14.0. The van der Waals surface area contributed by atoms with E-state index < -0.39 is 34.0 Å². The number of piperidine rings is 1. The van der Waals surface area contributed by atoms with Crippen LogP contribution in [0.3, 0.4) is 0 Å². The molecule has 2 atom stereocenters. The van der Waals surface area contributed by atoms with Crippen molar-refractivity contribution < 1.29 is 26.0 Å². The molecule has 1 aromatic rings. The highest BCUT2D eigenvalue weighted by molar-refractivity contribution is 7.88. The molecule has 0 amide bonds. The largest absolute Gasteiger partial charge is 0.419 e. The number of rotatable bonds is 3. The van der Waals surface area contributed by atoms with Crippen LogP contribution >= 0.6 is 0 Å². The van der Waals surface area contributed by atoms with Crippen LogP contribution in [0.4, 0.5) is 23.5 Å². The molecule has 0 saturated carbocycles. The van der Waals surface area contributed by atoms with Gasteiger partial charge >= 0.3 is 6.18 Å². The average Bonchev–Trinajstić information content (AvgIpc) is 2.39. The molecule has 0 spiro atoms. The van der Waals surface area contributed by atoms with Gasteiger partial charge in [-0.15, -0.1) is 0 Å². The molecule has 0 aromatic carbocycles. The summed E-state index contributed by atoms with van der Waals surface area (Å²) in [6, 6.07) is -0.755. The minimum Gasteiger partial charge on any atom is -0.348 e. The summed E-state index contributed by atoms with van der Waals surface area (Å²) in [5.74, 6) is -0.131. The van der Waals surface area contributed by atoms with E-state index in [0.717, 1.165) is 10.6 Å². The number of nitrogens with one attached hydrogen (secondary N) is 1. The second-order valence-corrected chi connectivity index (χ2v) is 6.95. The zero-order chi connectivity index (χ0) is 16.5. The monoisotopic (exact) mass is 342 g/mol. The fourth-order valence-electron chi connectivity index (χ4n) is 2.06. The highest BCUT2D eigenvalue weighted by Crippen LogP contribution is 2.28. The van der Waals surface area contributed by atoms with Crippen molar-refractivity contribution in [2.24, 2.45) is 0 Å². The van der Waals surface area contributed by atoms with E-state index in [4.69, 9.17) is 0 Å². The summed E-state index contributed by atoms with van der Waals surface area (Å²) in [6.45, 7) is -0.186. The Morgan fingerprint density at radius 1 is 1.32 bits per heavy atom. The number of hydrogen-bond acceptors (Lipinski definition) is 5. The van der Waals surface area contributed by atoms with Gasteiger partial charge in [-0.2, -0.15) is 17.5 Å². The Balaban J connectivity index is 2.00. The maximum Gasteiger partial charge on any atom is 0.419 e. The molecule has 0 bridgehead atoms. The van der Waals surface area contributed by atoms with E-state index in [1.165, 1.54) is 0 Å². The minimum absolute atomic E-state index is 0.123. The predicted octanol–water partition coefficient (Wildman–Crippen LogP) is 1.28. The molecule has 11 heteroatoms. The van der Waals surface area contributed by atoms with E-state index in [-0.39, 0.29) is 25.5 Å². The van der Waals surface area contributed by atoms with Gasteiger partial charge in [0.2, 0.25) is 16.0 Å². The molecule has 124 valence electrons. The minimum atomic E-state index is -4.54. The summed E-state index contributed by atoms with van der Waals surface area (Å²) >= 11 is 0. The van der Waals surface area contributed by atoms with Gasteiger partial charge in [0, 0.05) is 25.5 Å². The molecule has 1 aliphatic heterocycles. The third-order valence-electron chi connectivity index (χ3n) is 3.27. The normalized spacial score (nSPS) is 24.2. The van der Waals surface area contributed by atoms with Crippen LogP contribution < -0.4 is 5.32 Å². The van der Waals surface area contributed by atoms with Crippen molar-refractivity contribution in [1.29, 1.82) is 0 Å². The van der Waals surface area contributed by atoms with Crippen molar-refractivity contribution in [2.45, 2.75) is 24.8 Å². The van der Waals surface area contributed by atoms with Crippen molar-refractivity contribution >= 4 is 16.0 Å². The van der Waals surface area contributed by atoms with E-state index in [1.54, 1.807) is 0 Å². The highest BCUT2D eigenvalue weighted by Gasteiger charge is 2.34. The Morgan fingerprint density at radius 3 is 2.36 bits per heavy atom. The summed E-state index contributed by atoms with van der Waals surface area (Å²) < 4.78 is 74.8. The maximum absolute atomic E-state index is 14.0. The molecule has 0 radical (unpaired) electrons. The molecule has 1 fully saturated rings. The summed E-state index contributed by atoms with van der Waals surface area (Å²) in [4.78, 5) is 7.00. The molecule has 2 heterocycles. The number of hydrogen-bond donors (Lipinski definition) is 1. The Hall–Kier alpha value is -1.49. The Kier molecular flexibility index (Phi) is 4.57. The fraction of sp³-hybridized carbons (Fsp3) is 0.636. The SMILES string of the molecule is CS(=O)(=O)N1CC[C@H](Nc2ncc(C(F)(F)F)cn2)[C@H](F)C1. The molecule has 1 aromatic heterocycles. The molecular formula is C11H14F4N4O2S. The summed E-state index contributed by atoms with van der Waals surface area (Å²) in [5, 5.41) is 2.60. The first-order valence-corrected chi connectivity index (χ1v) is 8.17. The summed E-state index contributed by atoms with van der Waals surface area (Å²) in [5.41, 5.74) is -0.998. The van der Waals surface area contributed by atoms with Crippen LogP contribution in [0, 0.1) is 0 Å². The summed E-state index contributed by atoms with van der Waals surface area (Å²) in [6.07, 6.45) is -3.68. The number of anilines is 1. The van der Waals surface area contributed by atoms with Crippen molar-refractivity contribution in [3.05, 3.63) is 18.0 Å². The van der Waals surface area contributed by atoms with Crippen LogP contribution in [0.15, 0.2) is 12.4 Å². The number of nitrogens with zero attached hydrogens (tertiary/aromatic N) is 3. The molecule has 1 saturated heterocycles. The van der Waals surface area contributed by atoms with Gasteiger partial charge in [-0.05, 0) is 6.42 Å². The Morgan fingerprint density at radius 2 is 1.91 bits per heavy atom. The van der Waals surface area contributed by atoms with Crippen LogP contribution in [-0.2, 0) is 16.2 Å². The number of aromatic nitrogens is 2. The van der Waals surface area contributed by atoms with E-state index in [0.29, 0.717) is 12.4 Å². The molecule has 6 nitrogen and oxygen atoms in total. The quantitative estimate of drug-likeness (QED) is 0.838. The molecule has 1 N–H and O–H groups in total. The smallest absolute Gasteiger partial charge is 0.348 e. The van der Waals surface area contributed by atoms with Crippen molar-refractivity contribution in [1.82, 2.24) is 14.3 Å². The number of halogens is 4. The van der Waals surface area contributed by atoms with Gasteiger partial charge in [0.25, 0.3) is 0 Å². The van der Waals surface area contributed by atoms with Crippen LogP contribution in [0.1, 0.15) is 12.0 Å². The molecule has 2 rings (SSSR count). The second kappa shape index (κ2) is 5.95. The van der Waals surface area contributed by atoms with Crippen molar-refractivity contribution in [3.63, 3.8) is 0 Å². The average molecular weight is 342 g/mol. The number of sulfonamides is 1. The van der Waals surface area contributed by atoms with E-state index in [1.807, 2.05) is 0 Å². The van der Waals surface area contributed by atoms with E-state index in [2.05, 4.69) is 15.3 Å². The van der Waals surface area contributed by atoms with Crippen LogP contribution in [0.25, 0.3) is 0 Å². The zero-order valence-electron chi connectivity index (χ0n) is 11.5. The topological polar surface area (TPSA) is 75.2 Å². The molecule has 22 heavy (non-hydrogen) atoms. The lowest BCUT2D eigenvalue weighted by Gasteiger charge is -2.33. The van der Waals surface area contributed by atoms with E-state index >= 15 is 0 Å². The van der Waals surface area contributed by atoms with Crippen molar-refractivity contribution in [2.75, 3.05) is 24.7 Å². The first-order chi connectivity index (χ1) is 10.1. The lowest BCUT2D eigenvalue weighted by Crippen LogP contribution is -2.49. The van der Waals surface area contributed by atoms with Gasteiger partial charge in [0.1, 0.15) is 6.17 Å². The second-order valence-electron chi connectivity index (χ2n) is 4.97. The van der Waals surface area contributed by atoms with Crippen LogP contribution in [-0.4, -0.2) is 54.2 Å². The molecule has 0 unspecified atom stereocenters. The molecular weight excluding hydrogens is 328 g/mol. The van der Waals surface area contributed by atoms with Crippen LogP contribution in [0.2, 0.25) is 0 Å². The lowest BCUT2D eigenvalue weighted by molar-refractivity contribution is -0.138. The third kappa shape index (κ3) is 4.03. The van der Waals surface area contributed by atoms with Gasteiger partial charge in [0.05, 0.1) is 17.9 Å². The highest BCUT2D eigenvalue weighted by atomic mass is 32.2. The standard InChI is InChI=1S/C11H14F4N4O2S/c1-22(20,21)19-3-2-9(8(12)6-19)18-10-16-4-7(5-17-10)11(13,14)15/h4-5,8-9H,2-3,6H2,1H3,(H,16,17,18)/t8-,9+/m1/s1. The number of alkyl halides is 4. The predicted molar refractivity (Wildman–Crippen MR) is 70.4 cm³/mol. The Bertz CT molecular complexity index is 620. The van der Waals surface area contributed by atoms with Gasteiger partial charge in [-0.25, -0.2) is 22.8 Å². The fourth-order valence-corrected chi connectivity index (χ4v) is 2.91. The lowest BCUT2D eigenvalue weighted by atomic mass is 10.1. The molecule has 1 aliphatic rings.